The summed E-state index contributed by atoms with van der Waals surface area (Å²) >= 11 is 0. The van der Waals surface area contributed by atoms with Crippen LogP contribution in [0.3, 0.4) is 0 Å². The second-order valence-electron chi connectivity index (χ2n) is 6.33. The molecule has 0 saturated carbocycles. The van der Waals surface area contributed by atoms with Gasteiger partial charge in [-0.25, -0.2) is 0 Å². The molecule has 5 nitrogen and oxygen atoms in total. The predicted octanol–water partition coefficient (Wildman–Crippen LogP) is 3.22. The molecule has 25 heavy (non-hydrogen) atoms. The minimum absolute atomic E-state index is 0.339. The normalized spacial score (nSPS) is 15.8. The molecule has 0 bridgehead atoms. The first-order valence-corrected chi connectivity index (χ1v) is 9.56. The lowest BCUT2D eigenvalue weighted by Crippen LogP contribution is -2.32. The molecule has 1 unspecified atom stereocenters. The van der Waals surface area contributed by atoms with Crippen LogP contribution in [0.5, 0.6) is 5.75 Å². The molecule has 1 aromatic carbocycles. The molecule has 1 aliphatic rings. The van der Waals surface area contributed by atoms with E-state index in [0.29, 0.717) is 6.42 Å². The quantitative estimate of drug-likeness (QED) is 0.596. The van der Waals surface area contributed by atoms with Gasteiger partial charge in [-0.15, -0.1) is 0 Å². The molecule has 1 atom stereocenters. The van der Waals surface area contributed by atoms with Crippen LogP contribution >= 0.6 is 0 Å². The molecular formula is C20H34N2O3. The molecule has 0 radical (unpaired) electrons. The molecule has 1 heterocycles. The van der Waals surface area contributed by atoms with Gasteiger partial charge in [-0.3, -0.25) is 4.79 Å². The van der Waals surface area contributed by atoms with Gasteiger partial charge >= 0.3 is 5.97 Å². The van der Waals surface area contributed by atoms with E-state index in [1.807, 2.05) is 38.1 Å². The number of carboxylic acids is 1. The number of nitrogens with one attached hydrogen (secondary N) is 1. The van der Waals surface area contributed by atoms with Crippen molar-refractivity contribution in [3.05, 3.63) is 29.8 Å². The second kappa shape index (κ2) is 12.7. The Balaban J connectivity index is 0.00000151. The van der Waals surface area contributed by atoms with Crippen LogP contribution in [0.15, 0.2) is 24.3 Å². The summed E-state index contributed by atoms with van der Waals surface area (Å²) in [6.07, 6.45) is 6.55. The van der Waals surface area contributed by atoms with E-state index >= 15 is 0 Å². The zero-order valence-electron chi connectivity index (χ0n) is 15.7. The molecule has 1 aliphatic heterocycles. The van der Waals surface area contributed by atoms with Crippen molar-refractivity contribution in [2.75, 3.05) is 19.7 Å². The van der Waals surface area contributed by atoms with Crippen molar-refractivity contribution < 1.29 is 14.6 Å². The van der Waals surface area contributed by atoms with Gasteiger partial charge in [-0.1, -0.05) is 32.4 Å². The Morgan fingerprint density at radius 3 is 2.48 bits per heavy atom. The van der Waals surface area contributed by atoms with Crippen LogP contribution in [0.1, 0.15) is 51.5 Å². The summed E-state index contributed by atoms with van der Waals surface area (Å²) in [7, 11) is 0. The fraction of sp³-hybridized carbons (Fsp3) is 0.650. The number of unbranched alkanes of at least 4 members (excludes halogenated alkanes) is 1. The van der Waals surface area contributed by atoms with E-state index in [0.717, 1.165) is 30.3 Å². The van der Waals surface area contributed by atoms with Crippen LogP contribution in [0.25, 0.3) is 0 Å². The average molecular weight is 351 g/mol. The Kier molecular flexibility index (Phi) is 10.9. The molecule has 142 valence electrons. The first kappa shape index (κ1) is 21.5. The van der Waals surface area contributed by atoms with Crippen molar-refractivity contribution in [2.45, 2.75) is 58.4 Å². The summed E-state index contributed by atoms with van der Waals surface area (Å²) < 4.78 is 5.74. The number of rotatable bonds is 9. The summed E-state index contributed by atoms with van der Waals surface area (Å²) in [5.74, 6) is 0.743. The third-order valence-electron chi connectivity index (χ3n) is 4.43. The van der Waals surface area contributed by atoms with Gasteiger partial charge in [-0.05, 0) is 68.8 Å². The highest BCUT2D eigenvalue weighted by molar-refractivity contribution is 5.73. The number of ether oxygens (including phenoxy) is 1. The van der Waals surface area contributed by atoms with E-state index in [1.165, 1.54) is 38.8 Å². The highest BCUT2D eigenvalue weighted by Gasteiger charge is 2.13. The van der Waals surface area contributed by atoms with E-state index in [-0.39, 0.29) is 0 Å². The second-order valence-corrected chi connectivity index (χ2v) is 6.33. The summed E-state index contributed by atoms with van der Waals surface area (Å²) in [4.78, 5) is 10.7. The number of hydrogen-bond donors (Lipinski definition) is 3. The van der Waals surface area contributed by atoms with Gasteiger partial charge in [0.05, 0.1) is 6.61 Å². The Labute approximate surface area is 151 Å². The lowest BCUT2D eigenvalue weighted by molar-refractivity contribution is -0.138. The molecule has 1 fully saturated rings. The van der Waals surface area contributed by atoms with Crippen molar-refractivity contribution in [1.29, 1.82) is 0 Å². The SMILES string of the molecule is CC.NC(Cc1ccc(OCCCCC2CCNCC2)cc1)C(=O)O. The van der Waals surface area contributed by atoms with Gasteiger partial charge in [0, 0.05) is 0 Å². The first-order chi connectivity index (χ1) is 12.1. The van der Waals surface area contributed by atoms with Gasteiger partial charge in [-0.2, -0.15) is 0 Å². The number of benzene rings is 1. The third-order valence-corrected chi connectivity index (χ3v) is 4.43. The molecule has 0 spiro atoms. The summed E-state index contributed by atoms with van der Waals surface area (Å²) in [5.41, 5.74) is 6.44. The fourth-order valence-corrected chi connectivity index (χ4v) is 2.96. The molecule has 0 aliphatic carbocycles. The van der Waals surface area contributed by atoms with Gasteiger partial charge in [0.2, 0.25) is 0 Å². The lowest BCUT2D eigenvalue weighted by atomic mass is 9.93. The number of nitrogens with two attached hydrogens (primary N) is 1. The van der Waals surface area contributed by atoms with Gasteiger partial charge in [0.15, 0.2) is 0 Å². The first-order valence-electron chi connectivity index (χ1n) is 9.56. The van der Waals surface area contributed by atoms with E-state index in [4.69, 9.17) is 15.6 Å². The van der Waals surface area contributed by atoms with Crippen molar-refractivity contribution in [3.63, 3.8) is 0 Å². The van der Waals surface area contributed by atoms with Gasteiger partial charge in [0.25, 0.3) is 0 Å². The minimum Gasteiger partial charge on any atom is -0.494 e. The van der Waals surface area contributed by atoms with Gasteiger partial charge in [0.1, 0.15) is 11.8 Å². The number of aliphatic carboxylic acids is 1. The predicted molar refractivity (Wildman–Crippen MR) is 102 cm³/mol. The van der Waals surface area contributed by atoms with Crippen LogP contribution in [0.2, 0.25) is 0 Å². The maximum Gasteiger partial charge on any atom is 0.320 e. The van der Waals surface area contributed by atoms with Crippen molar-refractivity contribution in [1.82, 2.24) is 5.32 Å². The fourth-order valence-electron chi connectivity index (χ4n) is 2.96. The molecule has 1 saturated heterocycles. The monoisotopic (exact) mass is 350 g/mol. The summed E-state index contributed by atoms with van der Waals surface area (Å²) in [6, 6.07) is 6.69. The van der Waals surface area contributed by atoms with E-state index in [9.17, 15) is 4.79 Å². The smallest absolute Gasteiger partial charge is 0.320 e. The zero-order valence-corrected chi connectivity index (χ0v) is 15.7. The minimum atomic E-state index is -0.973. The third kappa shape index (κ3) is 8.89. The maximum atomic E-state index is 10.7. The van der Waals surface area contributed by atoms with Crippen LogP contribution in [0, 0.1) is 5.92 Å². The maximum absolute atomic E-state index is 10.7. The lowest BCUT2D eigenvalue weighted by Gasteiger charge is -2.22. The highest BCUT2D eigenvalue weighted by atomic mass is 16.5. The zero-order chi connectivity index (χ0) is 18.5. The van der Waals surface area contributed by atoms with Crippen LogP contribution < -0.4 is 15.8 Å². The average Bonchev–Trinajstić information content (AvgIpc) is 2.65. The van der Waals surface area contributed by atoms with Crippen LogP contribution in [-0.4, -0.2) is 36.8 Å². The number of carboxylic acid groups (broad SMARTS) is 1. The topological polar surface area (TPSA) is 84.6 Å². The van der Waals surface area contributed by atoms with Crippen molar-refractivity contribution in [3.8, 4) is 5.75 Å². The number of hydrogen-bond acceptors (Lipinski definition) is 4. The number of piperidine rings is 1. The van der Waals surface area contributed by atoms with Gasteiger partial charge < -0.3 is 20.9 Å². The Hall–Kier alpha value is -1.59. The van der Waals surface area contributed by atoms with E-state index < -0.39 is 12.0 Å². The molecule has 0 amide bonds. The molecule has 0 aromatic heterocycles. The standard InChI is InChI=1S/C18H28N2O3.C2H6/c19-17(18(21)22)13-15-4-6-16(7-5-15)23-12-2-1-3-14-8-10-20-11-9-14;1-2/h4-7,14,17,20H,1-3,8-13,19H2,(H,21,22);1-2H3. The van der Waals surface area contributed by atoms with Crippen LogP contribution in [-0.2, 0) is 11.2 Å². The van der Waals surface area contributed by atoms with E-state index in [2.05, 4.69) is 5.32 Å². The molecular weight excluding hydrogens is 316 g/mol. The summed E-state index contributed by atoms with van der Waals surface area (Å²) in [5, 5.41) is 12.2. The van der Waals surface area contributed by atoms with Crippen molar-refractivity contribution >= 4 is 5.97 Å². The largest absolute Gasteiger partial charge is 0.494 e. The highest BCUT2D eigenvalue weighted by Crippen LogP contribution is 2.19. The van der Waals surface area contributed by atoms with Crippen molar-refractivity contribution in [2.24, 2.45) is 11.7 Å². The Morgan fingerprint density at radius 2 is 1.88 bits per heavy atom. The molecule has 4 N–H and O–H groups in total. The molecule has 2 rings (SSSR count). The summed E-state index contributed by atoms with van der Waals surface area (Å²) in [6.45, 7) is 7.07. The van der Waals surface area contributed by atoms with E-state index in [1.54, 1.807) is 0 Å². The molecule has 1 aromatic rings. The number of carbonyl (C=O) groups is 1. The van der Waals surface area contributed by atoms with Crippen LogP contribution in [0.4, 0.5) is 0 Å². The molecule has 5 heteroatoms. The Bertz CT molecular complexity index is 470. The Morgan fingerprint density at radius 1 is 1.24 bits per heavy atom.